The molecule has 146 valence electrons. The summed E-state index contributed by atoms with van der Waals surface area (Å²) >= 11 is 6.41. The summed E-state index contributed by atoms with van der Waals surface area (Å²) in [6, 6.07) is 36.5. The Kier molecular flexibility index (Phi) is 3.32. The Morgan fingerprint density at radius 1 is 0.548 bits per heavy atom. The second-order valence-corrected chi connectivity index (χ2v) is 8.68. The molecule has 0 bridgehead atoms. The zero-order valence-electron chi connectivity index (χ0n) is 16.6. The van der Waals surface area contributed by atoms with Crippen molar-refractivity contribution in [3.63, 3.8) is 0 Å². The maximum atomic E-state index is 6.41. The molecule has 2 aliphatic rings. The van der Waals surface area contributed by atoms with E-state index in [1.807, 2.05) is 18.2 Å². The van der Waals surface area contributed by atoms with Crippen molar-refractivity contribution in [1.82, 2.24) is 0 Å². The quantitative estimate of drug-likeness (QED) is 0.243. The third kappa shape index (κ3) is 2.07. The first-order valence-corrected chi connectivity index (χ1v) is 10.9. The van der Waals surface area contributed by atoms with Crippen LogP contribution in [0.15, 0.2) is 103 Å². The van der Waals surface area contributed by atoms with Gasteiger partial charge in [0.15, 0.2) is 0 Å². The van der Waals surface area contributed by atoms with Crippen LogP contribution in [0.5, 0.6) is 11.5 Å². The lowest BCUT2D eigenvalue weighted by atomic mass is 9.58. The van der Waals surface area contributed by atoms with Crippen LogP contribution < -0.4 is 4.74 Å². The minimum atomic E-state index is -0.473. The maximum Gasteiger partial charge on any atom is 0.133 e. The van der Waals surface area contributed by atoms with Gasteiger partial charge in [-0.2, -0.15) is 0 Å². The summed E-state index contributed by atoms with van der Waals surface area (Å²) in [5, 5.41) is 3.24. The van der Waals surface area contributed by atoms with Crippen LogP contribution in [0.2, 0.25) is 5.02 Å². The molecular weight excluding hydrogens is 400 g/mol. The zero-order valence-corrected chi connectivity index (χ0v) is 17.4. The molecule has 1 unspecified atom stereocenters. The van der Waals surface area contributed by atoms with Gasteiger partial charge in [0.2, 0.25) is 0 Å². The topological polar surface area (TPSA) is 9.23 Å². The number of fused-ring (bicyclic) bond motifs is 8. The van der Waals surface area contributed by atoms with Crippen LogP contribution >= 0.6 is 11.6 Å². The lowest BCUT2D eigenvalue weighted by molar-refractivity contribution is 0.435. The minimum Gasteiger partial charge on any atom is -0.457 e. The van der Waals surface area contributed by atoms with Crippen LogP contribution in [0.4, 0.5) is 0 Å². The number of ether oxygens (including phenoxy) is 1. The average molecular weight is 417 g/mol. The highest BCUT2D eigenvalue weighted by molar-refractivity contribution is 6.30. The molecule has 1 atom stereocenters. The van der Waals surface area contributed by atoms with E-state index >= 15 is 0 Å². The molecule has 0 amide bonds. The van der Waals surface area contributed by atoms with E-state index in [-0.39, 0.29) is 0 Å². The summed E-state index contributed by atoms with van der Waals surface area (Å²) in [7, 11) is 0. The molecule has 0 fully saturated rings. The molecule has 1 nitrogen and oxygen atoms in total. The van der Waals surface area contributed by atoms with Crippen molar-refractivity contribution >= 4 is 22.4 Å². The van der Waals surface area contributed by atoms with Gasteiger partial charge in [0.1, 0.15) is 11.5 Å². The van der Waals surface area contributed by atoms with Gasteiger partial charge in [0.25, 0.3) is 0 Å². The van der Waals surface area contributed by atoms with Crippen molar-refractivity contribution in [2.75, 3.05) is 0 Å². The Hall–Kier alpha value is -3.55. The van der Waals surface area contributed by atoms with Crippen molar-refractivity contribution < 1.29 is 4.74 Å². The fraction of sp³-hybridized carbons (Fsp3) is 0.0345. The molecule has 2 heteroatoms. The van der Waals surface area contributed by atoms with Crippen LogP contribution in [0.25, 0.3) is 21.9 Å². The van der Waals surface area contributed by atoms with Gasteiger partial charge in [0.05, 0.1) is 5.41 Å². The molecule has 0 N–H and O–H groups in total. The molecule has 5 aromatic rings. The van der Waals surface area contributed by atoms with Crippen molar-refractivity contribution in [3.8, 4) is 22.6 Å². The standard InChI is InChI=1S/C29H17ClO/c30-19-15-16-24-27(17-19)31-26-14-4-3-12-23(26)29(24)22-11-2-1-9-20(22)21-10-5-7-18-8-6-13-25(29)28(18)21/h1-17H. The molecule has 0 radical (unpaired) electrons. The van der Waals surface area contributed by atoms with Gasteiger partial charge < -0.3 is 4.74 Å². The summed E-state index contributed by atoms with van der Waals surface area (Å²) in [4.78, 5) is 0. The van der Waals surface area contributed by atoms with Crippen LogP contribution in [-0.4, -0.2) is 0 Å². The summed E-state index contributed by atoms with van der Waals surface area (Å²) in [5.41, 5.74) is 6.95. The fourth-order valence-electron chi connectivity index (χ4n) is 5.67. The molecule has 0 aromatic heterocycles. The number of hydrogen-bond donors (Lipinski definition) is 0. The molecule has 1 aliphatic heterocycles. The molecular formula is C29H17ClO. The fourth-order valence-corrected chi connectivity index (χ4v) is 5.83. The van der Waals surface area contributed by atoms with Gasteiger partial charge in [-0.25, -0.2) is 0 Å². The monoisotopic (exact) mass is 416 g/mol. The first-order valence-electron chi connectivity index (χ1n) is 10.5. The third-order valence-corrected chi connectivity index (χ3v) is 7.02. The molecule has 31 heavy (non-hydrogen) atoms. The largest absolute Gasteiger partial charge is 0.457 e. The van der Waals surface area contributed by atoms with E-state index in [0.29, 0.717) is 5.02 Å². The molecule has 1 spiro atoms. The predicted octanol–water partition coefficient (Wildman–Crippen LogP) is 7.96. The Labute approximate surface area is 185 Å². The number of hydrogen-bond acceptors (Lipinski definition) is 1. The summed E-state index contributed by atoms with van der Waals surface area (Å²) in [6.45, 7) is 0. The Morgan fingerprint density at radius 2 is 1.23 bits per heavy atom. The minimum absolute atomic E-state index is 0.473. The molecule has 5 aromatic carbocycles. The average Bonchev–Trinajstić information content (AvgIpc) is 2.81. The van der Waals surface area contributed by atoms with Gasteiger partial charge in [-0.15, -0.1) is 0 Å². The predicted molar refractivity (Wildman–Crippen MR) is 126 cm³/mol. The molecule has 1 aliphatic carbocycles. The highest BCUT2D eigenvalue weighted by Gasteiger charge is 2.49. The lowest BCUT2D eigenvalue weighted by Gasteiger charge is -2.45. The van der Waals surface area contributed by atoms with Gasteiger partial charge in [-0.1, -0.05) is 96.5 Å². The normalized spacial score (nSPS) is 17.6. The van der Waals surface area contributed by atoms with Crippen molar-refractivity contribution in [2.24, 2.45) is 0 Å². The Balaban J connectivity index is 1.78. The van der Waals surface area contributed by atoms with Gasteiger partial charge in [-0.05, 0) is 51.2 Å². The lowest BCUT2D eigenvalue weighted by Crippen LogP contribution is -2.36. The molecule has 0 saturated carbocycles. The van der Waals surface area contributed by atoms with Gasteiger partial charge in [-0.3, -0.25) is 0 Å². The molecule has 0 saturated heterocycles. The maximum absolute atomic E-state index is 6.41. The number of para-hydroxylation sites is 1. The van der Waals surface area contributed by atoms with E-state index in [0.717, 1.165) is 17.1 Å². The van der Waals surface area contributed by atoms with Crippen molar-refractivity contribution in [2.45, 2.75) is 5.41 Å². The van der Waals surface area contributed by atoms with E-state index < -0.39 is 5.41 Å². The summed E-state index contributed by atoms with van der Waals surface area (Å²) in [5.74, 6) is 1.70. The Bertz CT molecular complexity index is 1530. The van der Waals surface area contributed by atoms with E-state index in [1.54, 1.807) is 0 Å². The van der Waals surface area contributed by atoms with Crippen LogP contribution in [0, 0.1) is 0 Å². The van der Waals surface area contributed by atoms with Crippen LogP contribution in [0.1, 0.15) is 22.3 Å². The van der Waals surface area contributed by atoms with Crippen molar-refractivity contribution in [1.29, 1.82) is 0 Å². The van der Waals surface area contributed by atoms with Crippen LogP contribution in [-0.2, 0) is 5.41 Å². The number of halogens is 1. The highest BCUT2D eigenvalue weighted by Crippen LogP contribution is 2.61. The second kappa shape index (κ2) is 6.00. The van der Waals surface area contributed by atoms with E-state index in [1.165, 1.54) is 38.6 Å². The zero-order chi connectivity index (χ0) is 20.6. The molecule has 1 heterocycles. The van der Waals surface area contributed by atoms with E-state index in [4.69, 9.17) is 16.3 Å². The SMILES string of the molecule is Clc1ccc2c(c1)Oc1ccccc1C21c2ccccc2-c2cccc3cccc1c23. The van der Waals surface area contributed by atoms with Gasteiger partial charge >= 0.3 is 0 Å². The first kappa shape index (κ1) is 17.2. The second-order valence-electron chi connectivity index (χ2n) is 8.24. The van der Waals surface area contributed by atoms with E-state index in [9.17, 15) is 0 Å². The highest BCUT2D eigenvalue weighted by atomic mass is 35.5. The summed E-state index contributed by atoms with van der Waals surface area (Å²) in [6.07, 6.45) is 0. The molecule has 7 rings (SSSR count). The number of benzene rings is 5. The van der Waals surface area contributed by atoms with Crippen molar-refractivity contribution in [3.05, 3.63) is 130 Å². The first-order chi connectivity index (χ1) is 15.3. The third-order valence-electron chi connectivity index (χ3n) is 6.79. The summed E-state index contributed by atoms with van der Waals surface area (Å²) < 4.78 is 6.40. The Morgan fingerprint density at radius 3 is 2.13 bits per heavy atom. The number of rotatable bonds is 0. The van der Waals surface area contributed by atoms with Crippen LogP contribution in [0.3, 0.4) is 0 Å². The van der Waals surface area contributed by atoms with Gasteiger partial charge in [0, 0.05) is 16.1 Å². The smallest absolute Gasteiger partial charge is 0.133 e. The van der Waals surface area contributed by atoms with E-state index in [2.05, 4.69) is 84.9 Å².